The summed E-state index contributed by atoms with van der Waals surface area (Å²) >= 11 is 1.82. The van der Waals surface area contributed by atoms with Crippen LogP contribution >= 0.6 is 9.69 Å². The van der Waals surface area contributed by atoms with Crippen molar-refractivity contribution in [2.24, 2.45) is 0 Å². The zero-order valence-corrected chi connectivity index (χ0v) is 6.80. The Kier molecular flexibility index (Phi) is 84.1. The fourth-order valence-corrected chi connectivity index (χ4v) is 0. The molecule has 0 heterocycles. The third-order valence-electron chi connectivity index (χ3n) is 0. The Morgan fingerprint density at radius 1 is 1.50 bits per heavy atom. The van der Waals surface area contributed by atoms with E-state index in [4.69, 9.17) is 0 Å². The molecule has 0 aliphatic rings. The third-order valence-corrected chi connectivity index (χ3v) is 0. The Balaban J connectivity index is -0.00000000167. The largest absolute Gasteiger partial charge is 1.00 e. The van der Waals surface area contributed by atoms with Crippen LogP contribution in [0.2, 0.25) is 0 Å². The van der Waals surface area contributed by atoms with Crippen LogP contribution in [0.15, 0.2) is 0 Å². The maximum atomic E-state index is 4.57. The van der Waals surface area contributed by atoms with Gasteiger partial charge in [0.05, 0.1) is 0 Å². The van der Waals surface area contributed by atoms with Gasteiger partial charge in [0.2, 0.25) is 0 Å². The maximum absolute atomic E-state index is 4.57. The molecule has 22 valence electrons. The van der Waals surface area contributed by atoms with Crippen molar-refractivity contribution in [3.05, 3.63) is 0 Å². The standard InChI is InChI=1S/B.ClH.Na.Rh.2H/h;1H;;;;/q;;2*+1;;-1/p-1. The van der Waals surface area contributed by atoms with Crippen LogP contribution in [0.3, 0.4) is 0 Å². The summed E-state index contributed by atoms with van der Waals surface area (Å²) < 4.78 is 0. The summed E-state index contributed by atoms with van der Waals surface area (Å²) in [6, 6.07) is 0. The molecule has 0 saturated carbocycles. The van der Waals surface area contributed by atoms with Crippen LogP contribution in [-0.2, 0) is 17.3 Å². The van der Waals surface area contributed by atoms with E-state index >= 15 is 0 Å². The Labute approximate surface area is 65.7 Å². The van der Waals surface area contributed by atoms with Gasteiger partial charge in [-0.3, -0.25) is 0 Å². The van der Waals surface area contributed by atoms with Crippen LogP contribution in [0.4, 0.5) is 0 Å². The minimum atomic E-state index is 0. The average Bonchev–Trinajstić information content (AvgIpc) is 1.00. The minimum absolute atomic E-state index is 0. The summed E-state index contributed by atoms with van der Waals surface area (Å²) in [5.41, 5.74) is 0. The van der Waals surface area contributed by atoms with Crippen molar-refractivity contribution in [2.45, 2.75) is 0 Å². The number of rotatable bonds is 0. The molecule has 0 aromatic rings. The van der Waals surface area contributed by atoms with Crippen molar-refractivity contribution in [3.63, 3.8) is 0 Å². The van der Waals surface area contributed by atoms with Crippen LogP contribution in [0.25, 0.3) is 0 Å². The zero-order valence-electron chi connectivity index (χ0n) is 3.31. The summed E-state index contributed by atoms with van der Waals surface area (Å²) in [7, 11) is 4.57. The molecule has 0 fully saturated rings. The van der Waals surface area contributed by atoms with Gasteiger partial charge in [-0.15, -0.1) is 0 Å². The molecular weight excluding hydrogens is 172 g/mol. The molecule has 0 aromatic heterocycles. The molecule has 0 bridgehead atoms. The molecule has 0 aliphatic carbocycles. The van der Waals surface area contributed by atoms with Gasteiger partial charge in [0, 0.05) is 8.41 Å². The van der Waals surface area contributed by atoms with Gasteiger partial charge in [-0.2, -0.15) is 0 Å². The molecule has 4 heavy (non-hydrogen) atoms. The van der Waals surface area contributed by atoms with E-state index in [1.54, 1.807) is 0 Å². The number of hydrogen-bond donors (Lipinski definition) is 0. The quantitative estimate of drug-likeness (QED) is 0.347. The van der Waals surface area contributed by atoms with Gasteiger partial charge in [0.15, 0.2) is 0 Å². The third kappa shape index (κ3) is 9.02. The van der Waals surface area contributed by atoms with E-state index in [0.29, 0.717) is 0 Å². The van der Waals surface area contributed by atoms with Gasteiger partial charge in [-0.05, 0) is 0 Å². The summed E-state index contributed by atoms with van der Waals surface area (Å²) in [5.74, 6) is 0. The Bertz CT molecular complexity index is 11.6. The topological polar surface area (TPSA) is 0 Å². The van der Waals surface area contributed by atoms with Crippen LogP contribution in [0.5, 0.6) is 0 Å². The SMILES string of the molecule is [B].[Cl][RhH].[H-].[Na+]. The second kappa shape index (κ2) is 20.1. The Morgan fingerprint density at radius 2 is 1.50 bits per heavy atom. The van der Waals surface area contributed by atoms with E-state index in [1.807, 2.05) is 17.3 Å². The van der Waals surface area contributed by atoms with Gasteiger partial charge in [0.1, 0.15) is 0 Å². The normalized spacial score (nSPS) is 1.75. The molecule has 0 unspecified atom stereocenters. The molecule has 0 amide bonds. The smallest absolute Gasteiger partial charge is 1.00 e. The van der Waals surface area contributed by atoms with Crippen LogP contribution in [-0.4, -0.2) is 8.41 Å². The van der Waals surface area contributed by atoms with E-state index in [0.717, 1.165) is 0 Å². The fraction of sp³-hybridized carbons (Fsp3) is 0. The van der Waals surface area contributed by atoms with Crippen molar-refractivity contribution in [3.8, 4) is 0 Å². The maximum Gasteiger partial charge on any atom is 1.00 e. The monoisotopic (exact) mass is 174 g/mol. The predicted octanol–water partition coefficient (Wildman–Crippen LogP) is -2.85. The Morgan fingerprint density at radius 3 is 1.50 bits per heavy atom. The molecule has 0 aromatic carbocycles. The second-order valence-electron chi connectivity index (χ2n) is 0. The van der Waals surface area contributed by atoms with Gasteiger partial charge in [0.25, 0.3) is 0 Å². The average molecular weight is 174 g/mol. The van der Waals surface area contributed by atoms with Crippen molar-refractivity contribution in [2.75, 3.05) is 0 Å². The van der Waals surface area contributed by atoms with Gasteiger partial charge >= 0.3 is 56.6 Å². The summed E-state index contributed by atoms with van der Waals surface area (Å²) in [6.07, 6.45) is 0. The van der Waals surface area contributed by atoms with E-state index in [-0.39, 0.29) is 39.4 Å². The first-order valence-corrected chi connectivity index (χ1v) is 2.37. The number of halogens is 1. The fourth-order valence-electron chi connectivity index (χ4n) is 0. The molecule has 0 N–H and O–H groups in total. The Hall–Kier alpha value is 1.98. The van der Waals surface area contributed by atoms with E-state index in [9.17, 15) is 0 Å². The second-order valence-corrected chi connectivity index (χ2v) is 0. The summed E-state index contributed by atoms with van der Waals surface area (Å²) in [6.45, 7) is 0. The van der Waals surface area contributed by atoms with Gasteiger partial charge < -0.3 is 1.43 Å². The molecule has 4 heteroatoms. The zero-order chi connectivity index (χ0) is 2.00. The van der Waals surface area contributed by atoms with E-state index < -0.39 is 0 Å². The predicted molar refractivity (Wildman–Crippen MR) is 14.1 cm³/mol. The first kappa shape index (κ1) is 16.7. The van der Waals surface area contributed by atoms with Crippen molar-refractivity contribution >= 4 is 18.1 Å². The van der Waals surface area contributed by atoms with Crippen molar-refractivity contribution in [1.29, 1.82) is 0 Å². The molecule has 0 nitrogen and oxygen atoms in total. The molecule has 0 rings (SSSR count). The molecular formula is H2BClNaRh. The molecule has 3 radical (unpaired) electrons. The van der Waals surface area contributed by atoms with Gasteiger partial charge in [-0.1, -0.05) is 0 Å². The summed E-state index contributed by atoms with van der Waals surface area (Å²) in [4.78, 5) is 0. The van der Waals surface area contributed by atoms with Crippen molar-refractivity contribution in [1.82, 2.24) is 0 Å². The van der Waals surface area contributed by atoms with Crippen LogP contribution in [0.1, 0.15) is 1.43 Å². The minimum Gasteiger partial charge on any atom is -1.00 e. The van der Waals surface area contributed by atoms with Crippen LogP contribution < -0.4 is 29.6 Å². The summed E-state index contributed by atoms with van der Waals surface area (Å²) in [5, 5.41) is 0. The molecule has 0 aliphatic heterocycles. The first-order valence-electron chi connectivity index (χ1n) is 0.134. The van der Waals surface area contributed by atoms with Crippen molar-refractivity contribution < 1.29 is 48.3 Å². The molecule has 0 atom stereocenters. The van der Waals surface area contributed by atoms with E-state index in [1.165, 1.54) is 0 Å². The molecule has 0 spiro atoms. The van der Waals surface area contributed by atoms with Crippen LogP contribution in [0, 0.1) is 0 Å². The number of hydrogen-bond acceptors (Lipinski definition) is 0. The van der Waals surface area contributed by atoms with Gasteiger partial charge in [-0.25, -0.2) is 0 Å². The molecule has 0 saturated heterocycles. The first-order chi connectivity index (χ1) is 1.00. The van der Waals surface area contributed by atoms with E-state index in [2.05, 4.69) is 9.69 Å².